The molecule has 0 aromatic rings. The van der Waals surface area contributed by atoms with Gasteiger partial charge in [0.2, 0.25) is 0 Å². The normalized spacial score (nSPS) is 10.4. The molecule has 0 aliphatic heterocycles. The highest BCUT2D eigenvalue weighted by Gasteiger charge is 2.21. The van der Waals surface area contributed by atoms with Crippen molar-refractivity contribution in [3.05, 3.63) is 34.2 Å². The molecular formula is C7H5N3. The van der Waals surface area contributed by atoms with Crippen LogP contribution in [0.25, 0.3) is 21.6 Å². The second-order valence-corrected chi connectivity index (χ2v) is 2.22. The Morgan fingerprint density at radius 2 is 2.10 bits per heavy atom. The Balaban J connectivity index is 2.20. The number of hydrogen-bond acceptors (Lipinski definition) is 1. The number of rotatable bonds is 2. The maximum atomic E-state index is 8.00. The minimum atomic E-state index is 0.516. The van der Waals surface area contributed by atoms with Crippen molar-refractivity contribution in [2.75, 3.05) is 0 Å². The zero-order valence-corrected chi connectivity index (χ0v) is 5.28. The molecule has 3 heteroatoms. The molecule has 0 radical (unpaired) electrons. The molecule has 0 spiro atoms. The maximum absolute atomic E-state index is 8.00. The first-order valence-electron chi connectivity index (χ1n) is 3.06. The average Bonchev–Trinajstić information content (AvgIpc) is 2.46. The summed E-state index contributed by atoms with van der Waals surface area (Å²) in [6, 6.07) is 6.08. The van der Waals surface area contributed by atoms with Gasteiger partial charge in [0.05, 0.1) is 6.54 Å². The van der Waals surface area contributed by atoms with Gasteiger partial charge in [-0.25, -0.2) is 0 Å². The molecule has 0 heterocycles. The Morgan fingerprint density at radius 3 is 2.70 bits per heavy atom. The summed E-state index contributed by atoms with van der Waals surface area (Å²) < 4.78 is 0. The van der Waals surface area contributed by atoms with Crippen LogP contribution in [0.4, 0.5) is 0 Å². The molecule has 3 nitrogen and oxygen atoms in total. The van der Waals surface area contributed by atoms with E-state index in [0.29, 0.717) is 6.54 Å². The van der Waals surface area contributed by atoms with Gasteiger partial charge in [-0.1, -0.05) is 23.3 Å². The molecular weight excluding hydrogens is 126 g/mol. The lowest BCUT2D eigenvalue weighted by Gasteiger charge is -1.72. The van der Waals surface area contributed by atoms with Crippen LogP contribution in [0.1, 0.15) is 5.56 Å². The van der Waals surface area contributed by atoms with Gasteiger partial charge in [0.1, 0.15) is 0 Å². The van der Waals surface area contributed by atoms with E-state index in [1.54, 1.807) is 0 Å². The van der Waals surface area contributed by atoms with E-state index in [2.05, 4.69) is 10.0 Å². The highest BCUT2D eigenvalue weighted by Crippen LogP contribution is 2.42. The lowest BCUT2D eigenvalue weighted by atomic mass is 10.4. The van der Waals surface area contributed by atoms with Gasteiger partial charge < -0.3 is 0 Å². The van der Waals surface area contributed by atoms with Crippen LogP contribution >= 0.6 is 0 Å². The number of hydrogen-bond donors (Lipinski definition) is 0. The first-order chi connectivity index (χ1) is 4.93. The van der Waals surface area contributed by atoms with E-state index in [4.69, 9.17) is 5.53 Å². The third kappa shape index (κ3) is 0.582. The zero-order chi connectivity index (χ0) is 6.97. The van der Waals surface area contributed by atoms with Crippen LogP contribution in [-0.4, -0.2) is 0 Å². The summed E-state index contributed by atoms with van der Waals surface area (Å²) in [6.07, 6.45) is 0. The van der Waals surface area contributed by atoms with E-state index in [1.807, 2.05) is 18.2 Å². The molecule has 0 atom stereocenters. The van der Waals surface area contributed by atoms with Gasteiger partial charge in [-0.15, -0.1) is 0 Å². The fraction of sp³-hybridized carbons (Fsp3) is 0.143. The van der Waals surface area contributed by atoms with Gasteiger partial charge in [-0.3, -0.25) is 0 Å². The van der Waals surface area contributed by atoms with Crippen molar-refractivity contribution in [1.29, 1.82) is 0 Å². The molecule has 0 N–H and O–H groups in total. The second kappa shape index (κ2) is 1.75. The van der Waals surface area contributed by atoms with Crippen molar-refractivity contribution in [2.45, 2.75) is 6.54 Å². The van der Waals surface area contributed by atoms with Gasteiger partial charge in [0.15, 0.2) is 0 Å². The molecule has 0 fully saturated rings. The first kappa shape index (κ1) is 5.33. The Labute approximate surface area is 57.9 Å². The van der Waals surface area contributed by atoms with Gasteiger partial charge in [-0.2, -0.15) is 0 Å². The van der Waals surface area contributed by atoms with Crippen LogP contribution in [0, 0.1) is 0 Å². The molecule has 2 rings (SSSR count). The third-order valence-corrected chi connectivity index (χ3v) is 1.70. The van der Waals surface area contributed by atoms with E-state index in [-0.39, 0.29) is 0 Å². The number of benzene rings is 1. The summed E-state index contributed by atoms with van der Waals surface area (Å²) in [5.74, 6) is 0. The molecule has 10 heavy (non-hydrogen) atoms. The highest BCUT2D eigenvalue weighted by molar-refractivity contribution is 5.89. The Bertz CT molecular complexity index is 303. The monoisotopic (exact) mass is 131 g/mol. The first-order valence-corrected chi connectivity index (χ1v) is 3.06. The molecule has 0 amide bonds. The van der Waals surface area contributed by atoms with Crippen molar-refractivity contribution < 1.29 is 0 Å². The van der Waals surface area contributed by atoms with Crippen LogP contribution in [0.5, 0.6) is 0 Å². The fourth-order valence-electron chi connectivity index (χ4n) is 1.15. The summed E-state index contributed by atoms with van der Waals surface area (Å²) in [6.45, 7) is 0.516. The number of fused-ring (bicyclic) bond motifs is 1. The highest BCUT2D eigenvalue weighted by atomic mass is 15.1. The van der Waals surface area contributed by atoms with Crippen LogP contribution in [-0.2, 0) is 6.54 Å². The van der Waals surface area contributed by atoms with Gasteiger partial charge in [0, 0.05) is 4.91 Å². The van der Waals surface area contributed by atoms with Crippen LogP contribution < -0.4 is 0 Å². The topological polar surface area (TPSA) is 48.8 Å². The van der Waals surface area contributed by atoms with Crippen molar-refractivity contribution in [2.24, 2.45) is 5.11 Å². The lowest BCUT2D eigenvalue weighted by Crippen LogP contribution is -1.60. The van der Waals surface area contributed by atoms with E-state index in [9.17, 15) is 0 Å². The van der Waals surface area contributed by atoms with Crippen LogP contribution in [0.3, 0.4) is 0 Å². The lowest BCUT2D eigenvalue weighted by molar-refractivity contribution is 1.09. The van der Waals surface area contributed by atoms with Crippen LogP contribution in [0.15, 0.2) is 23.3 Å². The van der Waals surface area contributed by atoms with E-state index in [0.717, 1.165) is 0 Å². The van der Waals surface area contributed by atoms with E-state index < -0.39 is 0 Å². The largest absolute Gasteiger partial charge is 0.0892 e. The average molecular weight is 131 g/mol. The standard InChI is InChI=1S/C7H5N3/c8-10-9-4-7-5-2-1-3-6(5)7/h1-3H,4H2. The van der Waals surface area contributed by atoms with E-state index in [1.165, 1.54) is 16.7 Å². The third-order valence-electron chi connectivity index (χ3n) is 1.70. The van der Waals surface area contributed by atoms with Gasteiger partial charge in [0.25, 0.3) is 0 Å². The van der Waals surface area contributed by atoms with Crippen molar-refractivity contribution in [1.82, 2.24) is 0 Å². The summed E-state index contributed by atoms with van der Waals surface area (Å²) in [5, 5.41) is 3.46. The quantitative estimate of drug-likeness (QED) is 0.341. The SMILES string of the molecule is [N-]=[N+]=NCc1c2cccc1-2. The molecule has 0 unspecified atom stereocenters. The smallest absolute Gasteiger partial charge is 0.0523 e. The maximum Gasteiger partial charge on any atom is 0.0523 e. The number of nitrogens with zero attached hydrogens (tertiary/aromatic N) is 3. The summed E-state index contributed by atoms with van der Waals surface area (Å²) >= 11 is 0. The van der Waals surface area contributed by atoms with Gasteiger partial charge in [-0.05, 0) is 22.2 Å². The summed E-state index contributed by atoms with van der Waals surface area (Å²) in [7, 11) is 0. The number of azide groups is 1. The summed E-state index contributed by atoms with van der Waals surface area (Å²) in [5.41, 5.74) is 11.8. The predicted octanol–water partition coefficient (Wildman–Crippen LogP) is 2.48. The second-order valence-electron chi connectivity index (χ2n) is 2.22. The van der Waals surface area contributed by atoms with Gasteiger partial charge >= 0.3 is 0 Å². The Kier molecular flexibility index (Phi) is 0.934. The molecule has 0 saturated heterocycles. The van der Waals surface area contributed by atoms with E-state index >= 15 is 0 Å². The zero-order valence-electron chi connectivity index (χ0n) is 5.28. The van der Waals surface area contributed by atoms with Crippen molar-refractivity contribution >= 4 is 0 Å². The molecule has 0 saturated carbocycles. The molecule has 2 aliphatic carbocycles. The van der Waals surface area contributed by atoms with Crippen molar-refractivity contribution in [3.63, 3.8) is 0 Å². The van der Waals surface area contributed by atoms with Crippen molar-refractivity contribution in [3.8, 4) is 11.1 Å². The predicted molar refractivity (Wildman–Crippen MR) is 38.3 cm³/mol. The molecule has 48 valence electrons. The Hall–Kier alpha value is -1.47. The Morgan fingerprint density at radius 1 is 1.40 bits per heavy atom. The molecule has 0 aromatic heterocycles. The molecule has 0 aromatic carbocycles. The molecule has 2 aliphatic rings. The fourth-order valence-corrected chi connectivity index (χ4v) is 1.15. The van der Waals surface area contributed by atoms with Crippen LogP contribution in [0.2, 0.25) is 0 Å². The summed E-state index contributed by atoms with van der Waals surface area (Å²) in [4.78, 5) is 2.68. The minimum absolute atomic E-state index is 0.516. The molecule has 0 bridgehead atoms. The minimum Gasteiger partial charge on any atom is -0.0892 e.